The number of thiazole rings is 1. The van der Waals surface area contributed by atoms with Gasteiger partial charge in [-0.05, 0) is 6.08 Å². The van der Waals surface area contributed by atoms with Crippen molar-refractivity contribution in [1.29, 1.82) is 0 Å². The number of carbonyl (C=O) groups excluding carboxylic acids is 1. The fraction of sp³-hybridized carbons (Fsp3) is 0.250. The van der Waals surface area contributed by atoms with E-state index in [0.717, 1.165) is 0 Å². The van der Waals surface area contributed by atoms with Gasteiger partial charge in [-0.25, -0.2) is 4.98 Å². The molecule has 16 heavy (non-hydrogen) atoms. The number of hydrogen-bond donors (Lipinski definition) is 1. The molecular weight excluding hydrogens is 234 g/mol. The van der Waals surface area contributed by atoms with Crippen LogP contribution >= 0.6 is 11.3 Å². The Morgan fingerprint density at radius 2 is 2.56 bits per heavy atom. The van der Waals surface area contributed by atoms with Gasteiger partial charge in [0.05, 0.1) is 11.2 Å². The summed E-state index contributed by atoms with van der Waals surface area (Å²) in [5.74, 6) is -0.347. The van der Waals surface area contributed by atoms with Gasteiger partial charge in [0.15, 0.2) is 0 Å². The highest BCUT2D eigenvalue weighted by atomic mass is 32.1. The van der Waals surface area contributed by atoms with Crippen molar-refractivity contribution in [3.05, 3.63) is 32.8 Å². The van der Waals surface area contributed by atoms with Crippen molar-refractivity contribution in [2.75, 3.05) is 13.2 Å². The molecule has 1 N–H and O–H groups in total. The van der Waals surface area contributed by atoms with Gasteiger partial charge in [-0.1, -0.05) is 0 Å². The van der Waals surface area contributed by atoms with Crippen LogP contribution in [0.3, 0.4) is 0 Å². The Morgan fingerprint density at radius 3 is 3.19 bits per heavy atom. The van der Waals surface area contributed by atoms with Crippen LogP contribution in [-0.2, 0) is 9.63 Å². The first-order valence-electron chi connectivity index (χ1n) is 4.30. The third-order valence-electron chi connectivity index (χ3n) is 1.45. The van der Waals surface area contributed by atoms with Crippen LogP contribution in [0.2, 0.25) is 0 Å². The lowest BCUT2D eigenvalue weighted by Crippen LogP contribution is -2.26. The van der Waals surface area contributed by atoms with Gasteiger partial charge in [0.2, 0.25) is 5.91 Å². The molecule has 0 aliphatic rings. The number of aromatic nitrogens is 1. The fourth-order valence-electron chi connectivity index (χ4n) is 0.819. The average molecular weight is 243 g/mol. The Hall–Kier alpha value is -1.96. The van der Waals surface area contributed by atoms with Crippen LogP contribution in [0.5, 0.6) is 0 Å². The number of nitrogens with one attached hydrogen (secondary N) is 1. The molecule has 8 heteroatoms. The largest absolute Gasteiger partial charge is 0.351 e. The van der Waals surface area contributed by atoms with E-state index in [0.29, 0.717) is 5.69 Å². The Kier molecular flexibility index (Phi) is 4.93. The van der Waals surface area contributed by atoms with E-state index in [4.69, 9.17) is 0 Å². The van der Waals surface area contributed by atoms with Crippen LogP contribution in [0.1, 0.15) is 5.69 Å². The molecule has 0 saturated heterocycles. The lowest BCUT2D eigenvalue weighted by Gasteiger charge is -1.99. The van der Waals surface area contributed by atoms with Gasteiger partial charge in [0.1, 0.15) is 6.61 Å². The normalized spacial score (nSPS) is 10.2. The summed E-state index contributed by atoms with van der Waals surface area (Å²) in [6.07, 6.45) is 2.86. The van der Waals surface area contributed by atoms with E-state index in [1.807, 2.05) is 0 Å². The molecule has 0 aromatic carbocycles. The van der Waals surface area contributed by atoms with Crippen LogP contribution in [-0.4, -0.2) is 29.1 Å². The second kappa shape index (κ2) is 6.51. The SMILES string of the molecule is O=C(C=Cc1cscn1)NCCO[N+](=O)[O-]. The molecular formula is C8H9N3O4S. The zero-order valence-corrected chi connectivity index (χ0v) is 8.98. The predicted octanol–water partition coefficient (Wildman–Crippen LogP) is 0.481. The summed E-state index contributed by atoms with van der Waals surface area (Å²) in [6.45, 7) is -0.0789. The van der Waals surface area contributed by atoms with E-state index in [9.17, 15) is 14.9 Å². The second-order valence-electron chi connectivity index (χ2n) is 2.59. The minimum Gasteiger partial charge on any atom is -0.351 e. The monoisotopic (exact) mass is 243 g/mol. The average Bonchev–Trinajstić information content (AvgIpc) is 2.74. The van der Waals surface area contributed by atoms with Crippen molar-refractivity contribution in [3.63, 3.8) is 0 Å². The second-order valence-corrected chi connectivity index (χ2v) is 3.31. The summed E-state index contributed by atoms with van der Waals surface area (Å²) in [4.78, 5) is 28.9. The molecule has 1 heterocycles. The fourth-order valence-corrected chi connectivity index (χ4v) is 1.34. The molecule has 0 aliphatic carbocycles. The molecule has 0 bridgehead atoms. The zero-order chi connectivity index (χ0) is 11.8. The molecule has 0 atom stereocenters. The molecule has 0 unspecified atom stereocenters. The van der Waals surface area contributed by atoms with Crippen LogP contribution in [0.25, 0.3) is 6.08 Å². The number of hydrogen-bond acceptors (Lipinski definition) is 6. The van der Waals surface area contributed by atoms with Crippen LogP contribution in [0, 0.1) is 10.1 Å². The van der Waals surface area contributed by atoms with Crippen LogP contribution in [0.15, 0.2) is 17.0 Å². The number of amides is 1. The summed E-state index contributed by atoms with van der Waals surface area (Å²) in [5, 5.41) is 13.1. The van der Waals surface area contributed by atoms with Gasteiger partial charge in [-0.3, -0.25) is 4.79 Å². The third kappa shape index (κ3) is 5.05. The summed E-state index contributed by atoms with van der Waals surface area (Å²) in [7, 11) is 0. The maximum Gasteiger partial charge on any atom is 0.294 e. The van der Waals surface area contributed by atoms with E-state index in [-0.39, 0.29) is 19.1 Å². The maximum absolute atomic E-state index is 11.1. The Bertz CT molecular complexity index is 377. The summed E-state index contributed by atoms with van der Waals surface area (Å²) in [6, 6.07) is 0. The lowest BCUT2D eigenvalue weighted by atomic mass is 10.4. The van der Waals surface area contributed by atoms with E-state index < -0.39 is 5.09 Å². The highest BCUT2D eigenvalue weighted by Crippen LogP contribution is 2.02. The van der Waals surface area contributed by atoms with Gasteiger partial charge < -0.3 is 10.2 Å². The molecule has 0 saturated carbocycles. The van der Waals surface area contributed by atoms with Gasteiger partial charge in [0, 0.05) is 18.0 Å². The molecule has 0 aliphatic heterocycles. The highest BCUT2D eigenvalue weighted by molar-refractivity contribution is 7.07. The number of nitrogens with zero attached hydrogens (tertiary/aromatic N) is 2. The standard InChI is InChI=1S/C8H9N3O4S/c12-8(9-3-4-15-11(13)14)2-1-7-5-16-6-10-7/h1-2,5-6H,3-4H2,(H,9,12). The minimum atomic E-state index is -0.905. The molecule has 7 nitrogen and oxygen atoms in total. The summed E-state index contributed by atoms with van der Waals surface area (Å²) in [5.41, 5.74) is 2.35. The van der Waals surface area contributed by atoms with Gasteiger partial charge in [0.25, 0.3) is 5.09 Å². The molecule has 86 valence electrons. The first-order valence-corrected chi connectivity index (χ1v) is 5.24. The molecule has 0 spiro atoms. The molecule has 0 radical (unpaired) electrons. The Morgan fingerprint density at radius 1 is 1.75 bits per heavy atom. The highest BCUT2D eigenvalue weighted by Gasteiger charge is 1.97. The van der Waals surface area contributed by atoms with E-state index in [1.54, 1.807) is 17.0 Å². The van der Waals surface area contributed by atoms with E-state index in [2.05, 4.69) is 15.1 Å². The Labute approximate surface area is 94.9 Å². The third-order valence-corrected chi connectivity index (χ3v) is 2.06. The summed E-state index contributed by atoms with van der Waals surface area (Å²) >= 11 is 1.43. The van der Waals surface area contributed by atoms with Gasteiger partial charge >= 0.3 is 0 Å². The summed E-state index contributed by atoms with van der Waals surface area (Å²) < 4.78 is 0. The molecule has 0 fully saturated rings. The predicted molar refractivity (Wildman–Crippen MR) is 57.1 cm³/mol. The number of rotatable bonds is 6. The van der Waals surface area contributed by atoms with Crippen LogP contribution in [0.4, 0.5) is 0 Å². The first-order chi connectivity index (χ1) is 7.68. The van der Waals surface area contributed by atoms with Crippen molar-refractivity contribution >= 4 is 23.3 Å². The smallest absolute Gasteiger partial charge is 0.294 e. The van der Waals surface area contributed by atoms with Gasteiger partial charge in [-0.15, -0.1) is 21.5 Å². The topological polar surface area (TPSA) is 94.4 Å². The number of carbonyl (C=O) groups is 1. The van der Waals surface area contributed by atoms with Crippen molar-refractivity contribution in [2.24, 2.45) is 0 Å². The molecule has 1 amide bonds. The maximum atomic E-state index is 11.1. The van der Waals surface area contributed by atoms with E-state index >= 15 is 0 Å². The minimum absolute atomic E-state index is 0.0845. The molecule has 1 aromatic heterocycles. The molecule has 1 rings (SSSR count). The quantitative estimate of drug-likeness (QED) is 0.339. The van der Waals surface area contributed by atoms with Crippen molar-refractivity contribution in [3.8, 4) is 0 Å². The van der Waals surface area contributed by atoms with Crippen molar-refractivity contribution in [2.45, 2.75) is 0 Å². The van der Waals surface area contributed by atoms with Crippen molar-refractivity contribution in [1.82, 2.24) is 10.3 Å². The first kappa shape index (κ1) is 12.1. The lowest BCUT2D eigenvalue weighted by molar-refractivity contribution is -0.757. The van der Waals surface area contributed by atoms with E-state index in [1.165, 1.54) is 17.4 Å². The Balaban J connectivity index is 2.18. The van der Waals surface area contributed by atoms with Gasteiger partial charge in [-0.2, -0.15) is 0 Å². The van der Waals surface area contributed by atoms with Crippen molar-refractivity contribution < 1.29 is 14.7 Å². The molecule has 1 aromatic rings. The zero-order valence-electron chi connectivity index (χ0n) is 8.16. The van der Waals surface area contributed by atoms with Crippen LogP contribution < -0.4 is 5.32 Å².